The number of rotatable bonds is 4. The Bertz CT molecular complexity index is 1330. The van der Waals surface area contributed by atoms with Crippen molar-refractivity contribution in [3.05, 3.63) is 71.3 Å². The minimum Gasteiger partial charge on any atom is -0.383 e. The lowest BCUT2D eigenvalue weighted by atomic mass is 10.1. The van der Waals surface area contributed by atoms with Gasteiger partial charge in [0.1, 0.15) is 18.3 Å². The summed E-state index contributed by atoms with van der Waals surface area (Å²) in [5.41, 5.74) is 14.9. The van der Waals surface area contributed by atoms with Crippen molar-refractivity contribution in [3.63, 3.8) is 0 Å². The highest BCUT2D eigenvalue weighted by molar-refractivity contribution is 6.31. The summed E-state index contributed by atoms with van der Waals surface area (Å²) in [5.74, 6) is 0.479. The summed E-state index contributed by atoms with van der Waals surface area (Å²) in [6.45, 7) is 2.00. The molecule has 0 aliphatic carbocycles. The summed E-state index contributed by atoms with van der Waals surface area (Å²) in [7, 11) is 0. The molecule has 0 spiro atoms. The van der Waals surface area contributed by atoms with Crippen LogP contribution in [0, 0.1) is 0 Å². The number of piperazine rings is 1. The van der Waals surface area contributed by atoms with Gasteiger partial charge in [-0.1, -0.05) is 23.7 Å². The predicted octanol–water partition coefficient (Wildman–Crippen LogP) is 2.72. The number of pyridine rings is 1. The molecule has 4 N–H and O–H groups in total. The van der Waals surface area contributed by atoms with E-state index in [2.05, 4.69) is 15.0 Å². The Morgan fingerprint density at radius 2 is 1.91 bits per heavy atom. The Kier molecular flexibility index (Phi) is 5.34. The van der Waals surface area contributed by atoms with E-state index in [4.69, 9.17) is 23.1 Å². The molecule has 1 unspecified atom stereocenters. The number of aromatic nitrogens is 3. The highest BCUT2D eigenvalue weighted by Crippen LogP contribution is 2.24. The van der Waals surface area contributed by atoms with Gasteiger partial charge >= 0.3 is 0 Å². The molecule has 4 aromatic rings. The topological polar surface area (TPSA) is 114 Å². The average Bonchev–Trinajstić information content (AvgIpc) is 2.79. The van der Waals surface area contributed by atoms with Crippen molar-refractivity contribution in [2.24, 2.45) is 5.73 Å². The van der Waals surface area contributed by atoms with Crippen LogP contribution in [0.3, 0.4) is 0 Å². The van der Waals surface area contributed by atoms with Crippen LogP contribution in [0.15, 0.2) is 55.0 Å². The van der Waals surface area contributed by atoms with Crippen LogP contribution in [0.4, 0.5) is 5.82 Å². The van der Waals surface area contributed by atoms with Crippen LogP contribution >= 0.6 is 11.6 Å². The summed E-state index contributed by atoms with van der Waals surface area (Å²) in [4.78, 5) is 29.4. The molecule has 1 aliphatic rings. The molecule has 0 bridgehead atoms. The van der Waals surface area contributed by atoms with Crippen molar-refractivity contribution in [2.45, 2.75) is 12.7 Å². The number of nitrogens with two attached hydrogens (primary N) is 2. The lowest BCUT2D eigenvalue weighted by molar-refractivity contribution is -0.137. The lowest BCUT2D eigenvalue weighted by Gasteiger charge is -2.37. The third-order valence-electron chi connectivity index (χ3n) is 5.85. The third-order valence-corrected chi connectivity index (χ3v) is 6.09. The van der Waals surface area contributed by atoms with Gasteiger partial charge in [0.2, 0.25) is 5.91 Å². The number of benzene rings is 2. The van der Waals surface area contributed by atoms with Crippen molar-refractivity contribution < 1.29 is 4.79 Å². The van der Waals surface area contributed by atoms with E-state index in [-0.39, 0.29) is 12.5 Å². The van der Waals surface area contributed by atoms with Gasteiger partial charge in [-0.2, -0.15) is 0 Å². The average molecular weight is 448 g/mol. The number of hydrogen-bond donors (Lipinski definition) is 2. The molecule has 5 rings (SSSR count). The molecule has 2 aromatic heterocycles. The Morgan fingerprint density at radius 3 is 2.75 bits per heavy atom. The number of fused-ring (bicyclic) bond motifs is 2. The maximum Gasteiger partial charge on any atom is 0.237 e. The SMILES string of the molecule is Nc1ncnc2cc(CN3CCN(C(N)c4cc5ccc(Cl)cc5cn4)CC3=O)ccc12. The van der Waals surface area contributed by atoms with Gasteiger partial charge in [-0.3, -0.25) is 14.7 Å². The Morgan fingerprint density at radius 1 is 1.03 bits per heavy atom. The molecule has 1 amide bonds. The van der Waals surface area contributed by atoms with Gasteiger partial charge in [0.05, 0.1) is 17.8 Å². The molecular weight excluding hydrogens is 426 g/mol. The number of anilines is 1. The maximum atomic E-state index is 12.9. The van der Waals surface area contributed by atoms with E-state index in [1.807, 2.05) is 52.3 Å². The molecule has 2 aromatic carbocycles. The molecular formula is C23H22ClN7O. The van der Waals surface area contributed by atoms with E-state index in [0.717, 1.165) is 32.9 Å². The second-order valence-electron chi connectivity index (χ2n) is 7.94. The highest BCUT2D eigenvalue weighted by atomic mass is 35.5. The minimum absolute atomic E-state index is 0.0292. The summed E-state index contributed by atoms with van der Waals surface area (Å²) < 4.78 is 0. The monoisotopic (exact) mass is 447 g/mol. The number of carbonyl (C=O) groups excluding carboxylic acids is 1. The smallest absolute Gasteiger partial charge is 0.237 e. The lowest BCUT2D eigenvalue weighted by Crippen LogP contribution is -2.52. The number of nitrogens with zero attached hydrogens (tertiary/aromatic N) is 5. The number of amides is 1. The largest absolute Gasteiger partial charge is 0.383 e. The van der Waals surface area contributed by atoms with Crippen LogP contribution < -0.4 is 11.5 Å². The molecule has 0 saturated carbocycles. The quantitative estimate of drug-likeness (QED) is 0.494. The normalized spacial score (nSPS) is 16.1. The molecule has 1 saturated heterocycles. The van der Waals surface area contributed by atoms with Crippen molar-refractivity contribution in [1.82, 2.24) is 24.8 Å². The van der Waals surface area contributed by atoms with E-state index in [1.165, 1.54) is 6.33 Å². The fourth-order valence-corrected chi connectivity index (χ4v) is 4.23. The van der Waals surface area contributed by atoms with E-state index < -0.39 is 6.17 Å². The molecule has 1 aliphatic heterocycles. The van der Waals surface area contributed by atoms with Gasteiger partial charge < -0.3 is 16.4 Å². The zero-order chi connectivity index (χ0) is 22.2. The van der Waals surface area contributed by atoms with E-state index in [9.17, 15) is 4.79 Å². The van der Waals surface area contributed by atoms with Crippen LogP contribution in [-0.4, -0.2) is 50.3 Å². The van der Waals surface area contributed by atoms with Gasteiger partial charge in [0.25, 0.3) is 0 Å². The maximum absolute atomic E-state index is 12.9. The van der Waals surface area contributed by atoms with E-state index in [0.29, 0.717) is 30.5 Å². The van der Waals surface area contributed by atoms with Crippen LogP contribution in [0.5, 0.6) is 0 Å². The fraction of sp³-hybridized carbons (Fsp3) is 0.217. The van der Waals surface area contributed by atoms with Crippen LogP contribution in [0.1, 0.15) is 17.4 Å². The van der Waals surface area contributed by atoms with Gasteiger partial charge in [-0.15, -0.1) is 0 Å². The summed E-state index contributed by atoms with van der Waals surface area (Å²) in [5, 5.41) is 3.45. The van der Waals surface area contributed by atoms with Crippen molar-refractivity contribution in [3.8, 4) is 0 Å². The van der Waals surface area contributed by atoms with Crippen molar-refractivity contribution in [2.75, 3.05) is 25.4 Å². The standard InChI is InChI=1S/C23H22ClN7O/c24-17-3-2-15-9-20(27-10-16(15)8-17)23(26)31-6-5-30(21(32)12-31)11-14-1-4-18-19(7-14)28-13-29-22(18)25/h1-4,7-10,13,23H,5-6,11-12,26H2,(H2,25,28,29). The molecule has 32 heavy (non-hydrogen) atoms. The summed E-state index contributed by atoms with van der Waals surface area (Å²) >= 11 is 6.05. The van der Waals surface area contributed by atoms with Gasteiger partial charge in [0, 0.05) is 41.6 Å². The third kappa shape index (κ3) is 3.95. The predicted molar refractivity (Wildman–Crippen MR) is 125 cm³/mol. The first kappa shape index (κ1) is 20.6. The zero-order valence-electron chi connectivity index (χ0n) is 17.3. The van der Waals surface area contributed by atoms with E-state index in [1.54, 1.807) is 6.20 Å². The van der Waals surface area contributed by atoms with Crippen LogP contribution in [-0.2, 0) is 11.3 Å². The molecule has 3 heterocycles. The first-order valence-corrected chi connectivity index (χ1v) is 10.7. The first-order chi connectivity index (χ1) is 15.5. The van der Waals surface area contributed by atoms with Gasteiger partial charge in [-0.25, -0.2) is 9.97 Å². The molecule has 8 nitrogen and oxygen atoms in total. The van der Waals surface area contributed by atoms with E-state index >= 15 is 0 Å². The van der Waals surface area contributed by atoms with Crippen LogP contribution in [0.25, 0.3) is 21.7 Å². The Balaban J connectivity index is 1.28. The van der Waals surface area contributed by atoms with Crippen molar-refractivity contribution >= 4 is 45.0 Å². The fourth-order valence-electron chi connectivity index (χ4n) is 4.05. The van der Waals surface area contributed by atoms with Gasteiger partial charge in [0.15, 0.2) is 0 Å². The van der Waals surface area contributed by atoms with Crippen LogP contribution in [0.2, 0.25) is 5.02 Å². The second-order valence-corrected chi connectivity index (χ2v) is 8.38. The zero-order valence-corrected chi connectivity index (χ0v) is 18.0. The number of carbonyl (C=O) groups is 1. The Labute approximate surface area is 189 Å². The molecule has 162 valence electrons. The highest BCUT2D eigenvalue weighted by Gasteiger charge is 2.28. The van der Waals surface area contributed by atoms with Crippen molar-refractivity contribution in [1.29, 1.82) is 0 Å². The number of hydrogen-bond acceptors (Lipinski definition) is 7. The Hall–Kier alpha value is -3.33. The molecule has 0 radical (unpaired) electrons. The van der Waals surface area contributed by atoms with Gasteiger partial charge in [-0.05, 0) is 41.3 Å². The summed E-state index contributed by atoms with van der Waals surface area (Å²) in [6, 6.07) is 13.4. The molecule has 1 atom stereocenters. The molecule has 9 heteroatoms. The number of nitrogen functional groups attached to an aromatic ring is 1. The second kappa shape index (κ2) is 8.31. The minimum atomic E-state index is -0.457. The summed E-state index contributed by atoms with van der Waals surface area (Å²) in [6.07, 6.45) is 2.76. The first-order valence-electron chi connectivity index (χ1n) is 10.3. The molecule has 1 fully saturated rings. The number of halogens is 1.